The van der Waals surface area contributed by atoms with Gasteiger partial charge >= 0.3 is 0 Å². The van der Waals surface area contributed by atoms with Crippen molar-refractivity contribution in [3.63, 3.8) is 0 Å². The molecule has 0 aliphatic rings. The summed E-state index contributed by atoms with van der Waals surface area (Å²) in [5.41, 5.74) is 2.34. The number of benzene rings is 3. The minimum atomic E-state index is -2.74. The molecule has 0 radical (unpaired) electrons. The summed E-state index contributed by atoms with van der Waals surface area (Å²) in [5, 5.41) is 10.9. The van der Waals surface area contributed by atoms with Gasteiger partial charge < -0.3 is 9.67 Å². The van der Waals surface area contributed by atoms with Crippen LogP contribution < -0.4 is 0 Å². The fourth-order valence-corrected chi connectivity index (χ4v) is 7.25. The van der Waals surface area contributed by atoms with Gasteiger partial charge in [0.2, 0.25) is 0 Å². The molecule has 0 spiro atoms. The Morgan fingerprint density at radius 2 is 1.14 bits per heavy atom. The average Bonchev–Trinajstić information content (AvgIpc) is 2.77. The van der Waals surface area contributed by atoms with Crippen molar-refractivity contribution >= 4 is 18.9 Å². The Morgan fingerprint density at radius 3 is 1.61 bits per heavy atom. The van der Waals surface area contributed by atoms with Crippen LogP contribution in [-0.4, -0.2) is 29.0 Å². The summed E-state index contributed by atoms with van der Waals surface area (Å²) in [6.07, 6.45) is 2.56. The number of aliphatic hydroxyl groups excluding tert-OH is 1. The molecule has 0 saturated carbocycles. The molecule has 3 rings (SSSR count). The van der Waals surface area contributed by atoms with Crippen LogP contribution in [0.2, 0.25) is 0 Å². The zero-order valence-corrected chi connectivity index (χ0v) is 17.7. The Morgan fingerprint density at radius 1 is 0.714 bits per heavy atom. The van der Waals surface area contributed by atoms with Gasteiger partial charge in [0.15, 0.2) is 0 Å². The zero-order chi connectivity index (χ0) is 19.7. The second kappa shape index (κ2) is 10.7. The summed E-state index contributed by atoms with van der Waals surface area (Å²) < 4.78 is 13.8. The average molecular weight is 411 g/mol. The van der Waals surface area contributed by atoms with Gasteiger partial charge in [0.25, 0.3) is 0 Å². The van der Waals surface area contributed by atoms with Crippen molar-refractivity contribution in [3.8, 4) is 0 Å². The summed E-state index contributed by atoms with van der Waals surface area (Å²) in [6.45, 7) is 0. The summed E-state index contributed by atoms with van der Waals surface area (Å²) in [5.74, 6) is -0.324. The van der Waals surface area contributed by atoms with Crippen LogP contribution in [0.4, 0.5) is 0 Å². The molecule has 0 amide bonds. The first kappa shape index (κ1) is 20.9. The molecule has 0 saturated heterocycles. The summed E-state index contributed by atoms with van der Waals surface area (Å²) in [6, 6.07) is 30.2. The zero-order valence-electron chi connectivity index (χ0n) is 16.0. The van der Waals surface area contributed by atoms with Crippen LogP contribution in [0, 0.1) is 0 Å². The van der Waals surface area contributed by atoms with E-state index in [0.29, 0.717) is 18.1 Å². The third-order valence-corrected chi connectivity index (χ3v) is 9.49. The number of aliphatic hydroxyl groups is 1. The van der Waals surface area contributed by atoms with E-state index in [9.17, 15) is 9.67 Å². The van der Waals surface area contributed by atoms with Gasteiger partial charge in [-0.15, -0.1) is 11.8 Å². The molecule has 3 aromatic rings. The highest BCUT2D eigenvalue weighted by Gasteiger charge is 2.31. The first-order chi connectivity index (χ1) is 13.7. The largest absolute Gasteiger partial charge is 0.385 e. The molecular weight excluding hydrogens is 383 g/mol. The van der Waals surface area contributed by atoms with Crippen molar-refractivity contribution in [3.05, 3.63) is 102 Å². The molecule has 0 heterocycles. The first-order valence-corrected chi connectivity index (χ1v) is 12.8. The highest BCUT2D eigenvalue weighted by Crippen LogP contribution is 2.51. The number of hydrogen-bond donors (Lipinski definition) is 1. The van der Waals surface area contributed by atoms with E-state index in [1.165, 1.54) is 11.1 Å². The van der Waals surface area contributed by atoms with Gasteiger partial charge in [-0.1, -0.05) is 78.9 Å². The molecule has 0 aliphatic carbocycles. The third-order valence-electron chi connectivity index (χ3n) is 4.93. The van der Waals surface area contributed by atoms with Crippen molar-refractivity contribution in [2.24, 2.45) is 0 Å². The molecule has 1 atom stereocenters. The maximum atomic E-state index is 13.8. The van der Waals surface area contributed by atoms with Crippen LogP contribution >= 0.6 is 18.9 Å². The standard InChI is InChI=1S/C24H27O2PS/c25-24(20-28-23-14-8-3-9-15-23)27(26,18-16-21-10-4-1-5-11-21)19-17-22-12-6-2-7-13-22/h1-15,24-25H,16-20H2/t24-/m0/s1. The van der Waals surface area contributed by atoms with Crippen LogP contribution in [-0.2, 0) is 17.4 Å². The molecule has 2 nitrogen and oxygen atoms in total. The Hall–Kier alpha value is -1.80. The van der Waals surface area contributed by atoms with E-state index >= 15 is 0 Å². The van der Waals surface area contributed by atoms with Crippen LogP contribution in [0.25, 0.3) is 0 Å². The lowest BCUT2D eigenvalue weighted by molar-refractivity contribution is 0.271. The second-order valence-electron chi connectivity index (χ2n) is 6.98. The molecule has 0 aliphatic heterocycles. The van der Waals surface area contributed by atoms with Crippen molar-refractivity contribution in [1.29, 1.82) is 0 Å². The van der Waals surface area contributed by atoms with Crippen LogP contribution in [0.1, 0.15) is 11.1 Å². The van der Waals surface area contributed by atoms with E-state index in [4.69, 9.17) is 0 Å². The van der Waals surface area contributed by atoms with Crippen LogP contribution in [0.3, 0.4) is 0 Å². The minimum absolute atomic E-state index is 0.463. The van der Waals surface area contributed by atoms with Gasteiger partial charge in [0, 0.05) is 23.0 Å². The monoisotopic (exact) mass is 410 g/mol. The quantitative estimate of drug-likeness (QED) is 0.332. The van der Waals surface area contributed by atoms with Gasteiger partial charge in [0.1, 0.15) is 13.0 Å². The van der Waals surface area contributed by atoms with E-state index in [1.807, 2.05) is 66.7 Å². The molecule has 28 heavy (non-hydrogen) atoms. The lowest BCUT2D eigenvalue weighted by Gasteiger charge is -2.24. The molecule has 0 fully saturated rings. The lowest BCUT2D eigenvalue weighted by Crippen LogP contribution is -2.18. The molecule has 0 bridgehead atoms. The maximum absolute atomic E-state index is 13.8. The third kappa shape index (κ3) is 6.38. The molecule has 1 N–H and O–H groups in total. The number of aryl methyl sites for hydroxylation is 2. The van der Waals surface area contributed by atoms with Crippen molar-refractivity contribution in [2.75, 3.05) is 18.1 Å². The number of thioether (sulfide) groups is 1. The smallest absolute Gasteiger partial charge is 0.116 e. The van der Waals surface area contributed by atoms with Crippen molar-refractivity contribution < 1.29 is 9.67 Å². The van der Waals surface area contributed by atoms with E-state index in [0.717, 1.165) is 17.7 Å². The predicted molar refractivity (Wildman–Crippen MR) is 121 cm³/mol. The molecule has 3 aromatic carbocycles. The van der Waals surface area contributed by atoms with E-state index in [1.54, 1.807) is 11.8 Å². The van der Waals surface area contributed by atoms with Gasteiger partial charge in [-0.05, 0) is 36.1 Å². The normalized spacial score (nSPS) is 12.6. The van der Waals surface area contributed by atoms with Crippen LogP contribution in [0.5, 0.6) is 0 Å². The van der Waals surface area contributed by atoms with E-state index in [-0.39, 0.29) is 0 Å². The van der Waals surface area contributed by atoms with Crippen molar-refractivity contribution in [1.82, 2.24) is 0 Å². The minimum Gasteiger partial charge on any atom is -0.385 e. The molecular formula is C24H27O2PS. The van der Waals surface area contributed by atoms with Gasteiger partial charge in [-0.25, -0.2) is 0 Å². The topological polar surface area (TPSA) is 37.3 Å². The van der Waals surface area contributed by atoms with Gasteiger partial charge in [-0.2, -0.15) is 0 Å². The van der Waals surface area contributed by atoms with E-state index < -0.39 is 13.0 Å². The molecule has 0 aromatic heterocycles. The Labute approximate surface area is 172 Å². The highest BCUT2D eigenvalue weighted by atomic mass is 32.2. The van der Waals surface area contributed by atoms with Crippen molar-refractivity contribution in [2.45, 2.75) is 23.6 Å². The van der Waals surface area contributed by atoms with Crippen LogP contribution in [0.15, 0.2) is 95.9 Å². The Bertz CT molecular complexity index is 821. The molecule has 4 heteroatoms. The summed E-state index contributed by atoms with van der Waals surface area (Å²) >= 11 is 1.58. The summed E-state index contributed by atoms with van der Waals surface area (Å²) in [7, 11) is -2.74. The predicted octanol–water partition coefficient (Wildman–Crippen LogP) is 5.95. The number of rotatable bonds is 10. The van der Waals surface area contributed by atoms with Gasteiger partial charge in [0.05, 0.1) is 0 Å². The lowest BCUT2D eigenvalue weighted by atomic mass is 10.2. The highest BCUT2D eigenvalue weighted by molar-refractivity contribution is 7.99. The summed E-state index contributed by atoms with van der Waals surface area (Å²) in [4.78, 5) is 1.10. The second-order valence-corrected chi connectivity index (χ2v) is 11.5. The molecule has 146 valence electrons. The van der Waals surface area contributed by atoms with E-state index in [2.05, 4.69) is 24.3 Å². The Balaban J connectivity index is 1.67. The molecule has 0 unspecified atom stereocenters. The Kier molecular flexibility index (Phi) is 7.97. The fourth-order valence-electron chi connectivity index (χ4n) is 3.16. The first-order valence-electron chi connectivity index (χ1n) is 9.67. The maximum Gasteiger partial charge on any atom is 0.116 e. The SMILES string of the molecule is O=P(CCc1ccccc1)(CCc1ccccc1)[C@H](O)CSc1ccccc1. The fraction of sp³-hybridized carbons (Fsp3) is 0.250. The number of hydrogen-bond acceptors (Lipinski definition) is 3. The van der Waals surface area contributed by atoms with Gasteiger partial charge in [-0.3, -0.25) is 0 Å².